The number of fused-ring (bicyclic) bond motifs is 1. The quantitative estimate of drug-likeness (QED) is 0.506. The topological polar surface area (TPSA) is 63.8 Å². The van der Waals surface area contributed by atoms with Crippen LogP contribution in [0.1, 0.15) is 0 Å². The Balaban J connectivity index is 2.77. The Morgan fingerprint density at radius 2 is 2.00 bits per heavy atom. The van der Waals surface area contributed by atoms with E-state index in [4.69, 9.17) is 5.84 Å². The molecule has 0 bridgehead atoms. The molecule has 2 aromatic rings. The Labute approximate surface area is 73.6 Å². The predicted octanol–water partition coefficient (Wildman–Crippen LogP) is 1.05. The van der Waals surface area contributed by atoms with Gasteiger partial charge in [0.25, 0.3) is 0 Å². The lowest BCUT2D eigenvalue weighted by atomic mass is 10.2. The first kappa shape index (κ1) is 7.88. The van der Waals surface area contributed by atoms with E-state index in [0.29, 0.717) is 11.2 Å². The van der Waals surface area contributed by atoms with Crippen LogP contribution in [0.2, 0.25) is 0 Å². The van der Waals surface area contributed by atoms with Crippen LogP contribution in [0.5, 0.6) is 0 Å². The molecule has 0 radical (unpaired) electrons. The van der Waals surface area contributed by atoms with Crippen LogP contribution in [0.15, 0.2) is 24.5 Å². The molecule has 0 spiro atoms. The summed E-state index contributed by atoms with van der Waals surface area (Å²) in [6, 6.07) is 2.91. The summed E-state index contributed by atoms with van der Waals surface area (Å²) in [5.74, 6) is 4.71. The molecular weight excluding hydrogens is 171 g/mol. The van der Waals surface area contributed by atoms with Crippen molar-refractivity contribution in [1.29, 1.82) is 0 Å². The van der Waals surface area contributed by atoms with Crippen molar-refractivity contribution in [1.82, 2.24) is 9.97 Å². The molecule has 5 heteroatoms. The van der Waals surface area contributed by atoms with Crippen molar-refractivity contribution in [2.24, 2.45) is 5.84 Å². The van der Waals surface area contributed by atoms with Gasteiger partial charge in [0.15, 0.2) is 5.82 Å². The van der Waals surface area contributed by atoms with E-state index in [-0.39, 0.29) is 5.52 Å². The molecule has 0 aliphatic rings. The summed E-state index contributed by atoms with van der Waals surface area (Å²) in [5, 5.41) is 0. The van der Waals surface area contributed by atoms with Crippen LogP contribution in [0.3, 0.4) is 0 Å². The summed E-state index contributed by atoms with van der Waals surface area (Å²) in [7, 11) is 0. The van der Waals surface area contributed by atoms with Crippen LogP contribution in [0, 0.1) is 5.82 Å². The average Bonchev–Trinajstić information content (AvgIpc) is 2.18. The molecule has 3 N–H and O–H groups in total. The average molecular weight is 178 g/mol. The van der Waals surface area contributed by atoms with Crippen molar-refractivity contribution < 1.29 is 4.39 Å². The molecule has 0 saturated carbocycles. The highest BCUT2D eigenvalue weighted by Gasteiger charge is 2.03. The maximum Gasteiger partial charge on any atom is 0.153 e. The minimum Gasteiger partial charge on any atom is -0.324 e. The van der Waals surface area contributed by atoms with E-state index in [1.54, 1.807) is 6.07 Å². The van der Waals surface area contributed by atoms with Gasteiger partial charge >= 0.3 is 0 Å². The lowest BCUT2D eigenvalue weighted by Crippen LogP contribution is -2.07. The maximum absolute atomic E-state index is 13.2. The SMILES string of the molecule is NNc1cc(F)c2nccnc2c1. The molecule has 1 aromatic carbocycles. The lowest BCUT2D eigenvalue weighted by molar-refractivity contribution is 0.637. The van der Waals surface area contributed by atoms with E-state index in [1.165, 1.54) is 18.5 Å². The second-order valence-corrected chi connectivity index (χ2v) is 2.53. The largest absolute Gasteiger partial charge is 0.324 e. The number of hydrogen-bond donors (Lipinski definition) is 2. The zero-order chi connectivity index (χ0) is 9.26. The number of nitrogens with zero attached hydrogens (tertiary/aromatic N) is 2. The highest BCUT2D eigenvalue weighted by molar-refractivity contribution is 5.78. The van der Waals surface area contributed by atoms with Gasteiger partial charge in [-0.1, -0.05) is 0 Å². The van der Waals surface area contributed by atoms with Crippen LogP contribution in [-0.2, 0) is 0 Å². The molecule has 0 saturated heterocycles. The minimum atomic E-state index is -0.432. The molecule has 13 heavy (non-hydrogen) atoms. The summed E-state index contributed by atoms with van der Waals surface area (Å²) >= 11 is 0. The number of nitrogens with two attached hydrogens (primary N) is 1. The van der Waals surface area contributed by atoms with E-state index in [0.717, 1.165) is 0 Å². The third kappa shape index (κ3) is 1.29. The first-order valence-corrected chi connectivity index (χ1v) is 3.68. The summed E-state index contributed by atoms with van der Waals surface area (Å²) in [4.78, 5) is 7.80. The standard InChI is InChI=1S/C8H7FN4/c9-6-3-5(13-10)4-7-8(6)12-2-1-11-7/h1-4,13H,10H2. The van der Waals surface area contributed by atoms with Crippen molar-refractivity contribution in [3.8, 4) is 0 Å². The number of nitrogens with one attached hydrogen (secondary N) is 1. The number of hydrazine groups is 1. The smallest absolute Gasteiger partial charge is 0.153 e. The Kier molecular flexibility index (Phi) is 1.79. The van der Waals surface area contributed by atoms with Crippen LogP contribution < -0.4 is 11.3 Å². The molecule has 0 aliphatic heterocycles. The Morgan fingerprint density at radius 3 is 2.77 bits per heavy atom. The van der Waals surface area contributed by atoms with Crippen molar-refractivity contribution in [2.75, 3.05) is 5.43 Å². The number of hydrogen-bond acceptors (Lipinski definition) is 4. The summed E-state index contributed by atoms with van der Waals surface area (Å²) in [6.07, 6.45) is 2.95. The number of aromatic nitrogens is 2. The van der Waals surface area contributed by atoms with Crippen LogP contribution >= 0.6 is 0 Å². The van der Waals surface area contributed by atoms with Gasteiger partial charge in [-0.3, -0.25) is 10.8 Å². The van der Waals surface area contributed by atoms with Crippen LogP contribution in [-0.4, -0.2) is 9.97 Å². The summed E-state index contributed by atoms with van der Waals surface area (Å²) in [5.41, 5.74) is 3.56. The third-order valence-corrected chi connectivity index (χ3v) is 1.69. The van der Waals surface area contributed by atoms with E-state index < -0.39 is 5.82 Å². The molecule has 0 fully saturated rings. The molecule has 0 aliphatic carbocycles. The fourth-order valence-corrected chi connectivity index (χ4v) is 1.12. The number of nitrogen functional groups attached to an aromatic ring is 1. The molecule has 0 amide bonds. The molecule has 66 valence electrons. The zero-order valence-corrected chi connectivity index (χ0v) is 6.66. The molecule has 1 aromatic heterocycles. The normalized spacial score (nSPS) is 10.3. The predicted molar refractivity (Wildman–Crippen MR) is 47.3 cm³/mol. The second kappa shape index (κ2) is 2.95. The summed E-state index contributed by atoms with van der Waals surface area (Å²) < 4.78 is 13.2. The monoisotopic (exact) mass is 178 g/mol. The Morgan fingerprint density at radius 1 is 1.23 bits per heavy atom. The van der Waals surface area contributed by atoms with E-state index in [2.05, 4.69) is 15.4 Å². The lowest BCUT2D eigenvalue weighted by Gasteiger charge is -2.01. The van der Waals surface area contributed by atoms with Crippen LogP contribution in [0.25, 0.3) is 11.0 Å². The van der Waals surface area contributed by atoms with Crippen molar-refractivity contribution in [3.05, 3.63) is 30.3 Å². The van der Waals surface area contributed by atoms with Gasteiger partial charge in [0.05, 0.1) is 11.2 Å². The maximum atomic E-state index is 13.2. The molecule has 0 unspecified atom stereocenters. The van der Waals surface area contributed by atoms with Gasteiger partial charge < -0.3 is 5.43 Å². The van der Waals surface area contributed by atoms with Gasteiger partial charge in [0, 0.05) is 18.5 Å². The van der Waals surface area contributed by atoms with Gasteiger partial charge in [-0.2, -0.15) is 0 Å². The van der Waals surface area contributed by atoms with Gasteiger partial charge in [-0.25, -0.2) is 9.37 Å². The molecule has 4 nitrogen and oxygen atoms in total. The number of rotatable bonds is 1. The highest BCUT2D eigenvalue weighted by atomic mass is 19.1. The fourth-order valence-electron chi connectivity index (χ4n) is 1.12. The number of halogens is 1. The molecule has 2 rings (SSSR count). The fraction of sp³-hybridized carbons (Fsp3) is 0. The zero-order valence-electron chi connectivity index (χ0n) is 6.66. The Hall–Kier alpha value is -1.75. The van der Waals surface area contributed by atoms with Crippen LogP contribution in [0.4, 0.5) is 10.1 Å². The third-order valence-electron chi connectivity index (χ3n) is 1.69. The molecule has 0 atom stereocenters. The Bertz CT molecular complexity index is 443. The van der Waals surface area contributed by atoms with Gasteiger partial charge in [0.2, 0.25) is 0 Å². The second-order valence-electron chi connectivity index (χ2n) is 2.53. The van der Waals surface area contributed by atoms with E-state index in [1.807, 2.05) is 0 Å². The van der Waals surface area contributed by atoms with Crippen molar-refractivity contribution in [2.45, 2.75) is 0 Å². The summed E-state index contributed by atoms with van der Waals surface area (Å²) in [6.45, 7) is 0. The highest BCUT2D eigenvalue weighted by Crippen LogP contribution is 2.17. The van der Waals surface area contributed by atoms with Crippen molar-refractivity contribution >= 4 is 16.7 Å². The van der Waals surface area contributed by atoms with E-state index >= 15 is 0 Å². The first-order valence-electron chi connectivity index (χ1n) is 3.68. The van der Waals surface area contributed by atoms with Gasteiger partial charge in [-0.05, 0) is 6.07 Å². The molecular formula is C8H7FN4. The van der Waals surface area contributed by atoms with Gasteiger partial charge in [0.1, 0.15) is 5.52 Å². The van der Waals surface area contributed by atoms with E-state index in [9.17, 15) is 4.39 Å². The van der Waals surface area contributed by atoms with Gasteiger partial charge in [-0.15, -0.1) is 0 Å². The number of benzene rings is 1. The number of anilines is 1. The minimum absolute atomic E-state index is 0.251. The first-order chi connectivity index (χ1) is 6.31. The molecule has 1 heterocycles. The van der Waals surface area contributed by atoms with Crippen molar-refractivity contribution in [3.63, 3.8) is 0 Å².